The smallest absolute Gasteiger partial charge is 0.416 e. The minimum absolute atomic E-state index is 0.0205. The first-order valence-electron chi connectivity index (χ1n) is 9.76. The first kappa shape index (κ1) is 24.0. The number of carboxylic acids is 1. The van der Waals surface area contributed by atoms with Crippen molar-refractivity contribution in [2.24, 2.45) is 0 Å². The van der Waals surface area contributed by atoms with Gasteiger partial charge >= 0.3 is 12.1 Å². The van der Waals surface area contributed by atoms with Crippen LogP contribution in [0.4, 0.5) is 13.2 Å². The second kappa shape index (κ2) is 9.08. The fourth-order valence-corrected chi connectivity index (χ4v) is 5.25. The van der Waals surface area contributed by atoms with E-state index >= 15 is 0 Å². The lowest BCUT2D eigenvalue weighted by Crippen LogP contribution is -2.61. The van der Waals surface area contributed by atoms with Crippen LogP contribution in [0.1, 0.15) is 18.1 Å². The van der Waals surface area contributed by atoms with Crippen molar-refractivity contribution in [2.45, 2.75) is 36.7 Å². The number of carbonyl (C=O) groups is 1. The van der Waals surface area contributed by atoms with Crippen LogP contribution in [0.15, 0.2) is 53.4 Å². The highest BCUT2D eigenvalue weighted by Crippen LogP contribution is 2.32. The highest BCUT2D eigenvalue weighted by atomic mass is 32.2. The number of nitrogens with zero attached hydrogens (tertiary/aromatic N) is 2. The van der Waals surface area contributed by atoms with E-state index in [1.165, 1.54) is 42.5 Å². The SMILES string of the molecule is CC1C(C(=O)O)N(S(=O)(=O)c2ccc(OCc3ccccc3C(F)(F)F)cc2)CCN1C. The van der Waals surface area contributed by atoms with Crippen molar-refractivity contribution in [3.63, 3.8) is 0 Å². The van der Waals surface area contributed by atoms with Crippen LogP contribution >= 0.6 is 0 Å². The number of ether oxygens (including phenoxy) is 1. The fourth-order valence-electron chi connectivity index (χ4n) is 3.61. The van der Waals surface area contributed by atoms with Gasteiger partial charge in [-0.3, -0.25) is 4.79 Å². The first-order valence-corrected chi connectivity index (χ1v) is 11.2. The van der Waals surface area contributed by atoms with Gasteiger partial charge in [0.15, 0.2) is 0 Å². The maximum absolute atomic E-state index is 13.1. The van der Waals surface area contributed by atoms with Gasteiger partial charge in [0.25, 0.3) is 0 Å². The predicted molar refractivity (Wildman–Crippen MR) is 110 cm³/mol. The molecule has 0 amide bonds. The summed E-state index contributed by atoms with van der Waals surface area (Å²) >= 11 is 0. The topological polar surface area (TPSA) is 87.2 Å². The summed E-state index contributed by atoms with van der Waals surface area (Å²) in [4.78, 5) is 13.4. The molecule has 32 heavy (non-hydrogen) atoms. The summed E-state index contributed by atoms with van der Waals surface area (Å²) in [7, 11) is -2.37. The number of piperazine rings is 1. The van der Waals surface area contributed by atoms with Crippen molar-refractivity contribution in [3.8, 4) is 5.75 Å². The van der Waals surface area contributed by atoms with Gasteiger partial charge in [0, 0.05) is 24.7 Å². The molecule has 2 unspecified atom stereocenters. The van der Waals surface area contributed by atoms with Gasteiger partial charge in [0.1, 0.15) is 18.4 Å². The van der Waals surface area contributed by atoms with Crippen LogP contribution in [-0.2, 0) is 27.6 Å². The van der Waals surface area contributed by atoms with Crippen molar-refractivity contribution in [1.29, 1.82) is 0 Å². The Kier molecular flexibility index (Phi) is 6.82. The molecule has 2 aromatic rings. The number of likely N-dealkylation sites (N-methyl/N-ethyl adjacent to an activating group) is 1. The zero-order chi connectivity index (χ0) is 23.7. The molecule has 0 saturated carbocycles. The summed E-state index contributed by atoms with van der Waals surface area (Å²) in [6.07, 6.45) is -4.52. The molecular weight excluding hydrogens is 449 g/mol. The molecule has 1 fully saturated rings. The zero-order valence-electron chi connectivity index (χ0n) is 17.4. The molecule has 0 aromatic heterocycles. The Morgan fingerprint density at radius 1 is 1.12 bits per heavy atom. The lowest BCUT2D eigenvalue weighted by molar-refractivity contribution is -0.145. The molecule has 174 valence electrons. The largest absolute Gasteiger partial charge is 0.489 e. The molecule has 1 aliphatic rings. The molecule has 1 aliphatic heterocycles. The van der Waals surface area contributed by atoms with Crippen LogP contribution < -0.4 is 4.74 Å². The van der Waals surface area contributed by atoms with Gasteiger partial charge in [0.2, 0.25) is 10.0 Å². The lowest BCUT2D eigenvalue weighted by atomic mass is 10.1. The predicted octanol–water partition coefficient (Wildman–Crippen LogP) is 3.06. The summed E-state index contributed by atoms with van der Waals surface area (Å²) in [5, 5.41) is 9.58. The fraction of sp³-hybridized carbons (Fsp3) is 0.381. The lowest BCUT2D eigenvalue weighted by Gasteiger charge is -2.41. The van der Waals surface area contributed by atoms with E-state index in [2.05, 4.69) is 0 Å². The molecule has 1 N–H and O–H groups in total. The Morgan fingerprint density at radius 3 is 2.34 bits per heavy atom. The third-order valence-electron chi connectivity index (χ3n) is 5.54. The number of hydrogen-bond donors (Lipinski definition) is 1. The summed E-state index contributed by atoms with van der Waals surface area (Å²) < 4.78 is 71.9. The van der Waals surface area contributed by atoms with Crippen molar-refractivity contribution < 1.29 is 36.2 Å². The Hall–Kier alpha value is -2.63. The van der Waals surface area contributed by atoms with Gasteiger partial charge in [0.05, 0.1) is 10.5 Å². The Bertz CT molecular complexity index is 1070. The number of alkyl halides is 3. The van der Waals surface area contributed by atoms with E-state index in [4.69, 9.17) is 4.74 Å². The number of hydrogen-bond acceptors (Lipinski definition) is 5. The molecular formula is C21H23F3N2O5S. The molecule has 1 heterocycles. The van der Waals surface area contributed by atoms with Crippen LogP contribution in [0.25, 0.3) is 0 Å². The number of rotatable bonds is 6. The van der Waals surface area contributed by atoms with E-state index in [1.807, 2.05) is 0 Å². The van der Waals surface area contributed by atoms with E-state index in [9.17, 15) is 31.5 Å². The maximum atomic E-state index is 13.1. The van der Waals surface area contributed by atoms with Crippen molar-refractivity contribution in [3.05, 3.63) is 59.7 Å². The second-order valence-electron chi connectivity index (χ2n) is 7.54. The average molecular weight is 472 g/mol. The molecule has 2 aromatic carbocycles. The van der Waals surface area contributed by atoms with Gasteiger partial charge in [-0.1, -0.05) is 18.2 Å². The highest BCUT2D eigenvalue weighted by Gasteiger charge is 2.43. The highest BCUT2D eigenvalue weighted by molar-refractivity contribution is 7.89. The van der Waals surface area contributed by atoms with Crippen molar-refractivity contribution in [2.75, 3.05) is 20.1 Å². The van der Waals surface area contributed by atoms with Crippen LogP contribution in [0, 0.1) is 0 Å². The van der Waals surface area contributed by atoms with E-state index in [-0.39, 0.29) is 29.4 Å². The minimum Gasteiger partial charge on any atom is -0.489 e. The number of aliphatic carboxylic acids is 1. The summed E-state index contributed by atoms with van der Waals surface area (Å²) in [6, 6.07) is 8.43. The van der Waals surface area contributed by atoms with Crippen LogP contribution in [-0.4, -0.2) is 60.9 Å². The van der Waals surface area contributed by atoms with E-state index < -0.39 is 39.8 Å². The standard InChI is InChI=1S/C21H23F3N2O5S/c1-14-19(20(27)28)26(12-11-25(14)2)32(29,30)17-9-7-16(8-10-17)31-13-15-5-3-4-6-18(15)21(22,23)24/h3-10,14,19H,11-13H2,1-2H3,(H,27,28). The molecule has 1 saturated heterocycles. The summed E-state index contributed by atoms with van der Waals surface area (Å²) in [6.45, 7) is 1.70. The van der Waals surface area contributed by atoms with Crippen molar-refractivity contribution in [1.82, 2.24) is 9.21 Å². The van der Waals surface area contributed by atoms with Crippen LogP contribution in [0.5, 0.6) is 5.75 Å². The minimum atomic E-state index is -4.52. The molecule has 0 bridgehead atoms. The number of benzene rings is 2. The normalized spacial score (nSPS) is 20.8. The van der Waals surface area contributed by atoms with Gasteiger partial charge in [-0.2, -0.15) is 17.5 Å². The average Bonchev–Trinajstić information content (AvgIpc) is 2.73. The summed E-state index contributed by atoms with van der Waals surface area (Å²) in [5.41, 5.74) is -0.851. The molecule has 0 spiro atoms. The monoisotopic (exact) mass is 472 g/mol. The van der Waals surface area contributed by atoms with E-state index in [0.29, 0.717) is 6.54 Å². The molecule has 2 atom stereocenters. The second-order valence-corrected chi connectivity index (χ2v) is 9.43. The van der Waals surface area contributed by atoms with Gasteiger partial charge in [-0.15, -0.1) is 0 Å². The number of halogens is 3. The number of sulfonamides is 1. The number of carboxylic acid groups (broad SMARTS) is 1. The van der Waals surface area contributed by atoms with Gasteiger partial charge in [-0.05, 0) is 44.3 Å². The Balaban J connectivity index is 1.78. The summed E-state index contributed by atoms with van der Waals surface area (Å²) in [5.74, 6) is -1.06. The third kappa shape index (κ3) is 4.89. The van der Waals surface area contributed by atoms with Crippen molar-refractivity contribution >= 4 is 16.0 Å². The van der Waals surface area contributed by atoms with E-state index in [1.54, 1.807) is 18.9 Å². The molecule has 0 radical (unpaired) electrons. The Morgan fingerprint density at radius 2 is 1.75 bits per heavy atom. The third-order valence-corrected chi connectivity index (χ3v) is 7.43. The van der Waals surface area contributed by atoms with Crippen LogP contribution in [0.3, 0.4) is 0 Å². The Labute approximate surface area is 184 Å². The molecule has 11 heteroatoms. The van der Waals surface area contributed by atoms with Crippen LogP contribution in [0.2, 0.25) is 0 Å². The molecule has 3 rings (SSSR count). The van der Waals surface area contributed by atoms with Gasteiger partial charge in [-0.25, -0.2) is 8.42 Å². The molecule has 0 aliphatic carbocycles. The zero-order valence-corrected chi connectivity index (χ0v) is 18.2. The first-order chi connectivity index (χ1) is 14.9. The maximum Gasteiger partial charge on any atom is 0.416 e. The van der Waals surface area contributed by atoms with Gasteiger partial charge < -0.3 is 14.7 Å². The van der Waals surface area contributed by atoms with E-state index in [0.717, 1.165) is 10.4 Å². The quantitative estimate of drug-likeness (QED) is 0.696. The molecule has 7 nitrogen and oxygen atoms in total.